The van der Waals surface area contributed by atoms with E-state index in [4.69, 9.17) is 0 Å². The fraction of sp³-hybridized carbons (Fsp3) is 0.0870. The van der Waals surface area contributed by atoms with Crippen molar-refractivity contribution in [2.75, 3.05) is 0 Å². The van der Waals surface area contributed by atoms with E-state index in [1.54, 1.807) is 30.5 Å². The Balaban J connectivity index is 1.73. The molecule has 0 radical (unpaired) electrons. The molecule has 0 saturated heterocycles. The average Bonchev–Trinajstić information content (AvgIpc) is 2.73. The Kier molecular flexibility index (Phi) is 4.99. The van der Waals surface area contributed by atoms with Gasteiger partial charge in [-0.2, -0.15) is 0 Å². The molecule has 0 amide bonds. The predicted octanol–water partition coefficient (Wildman–Crippen LogP) is 5.14. The third-order valence-electron chi connectivity index (χ3n) is 4.52. The van der Waals surface area contributed by atoms with E-state index in [-0.39, 0.29) is 11.6 Å². The number of carbonyl (C=O) groups is 2. The minimum Gasteiger partial charge on any atom is -0.289 e. The molecule has 0 atom stereocenters. The smallest absolute Gasteiger partial charge is 0.200 e. The fourth-order valence-corrected chi connectivity index (χ4v) is 4.16. The van der Waals surface area contributed by atoms with Crippen LogP contribution in [-0.4, -0.2) is 16.6 Å². The summed E-state index contributed by atoms with van der Waals surface area (Å²) in [6.07, 6.45) is 2.93. The molecule has 4 heteroatoms. The Labute approximate surface area is 162 Å². The summed E-state index contributed by atoms with van der Waals surface area (Å²) in [5.41, 5.74) is 2.70. The highest BCUT2D eigenvalue weighted by molar-refractivity contribution is 8.04. The number of thioether (sulfide) groups is 1. The minimum atomic E-state index is -0.0936. The van der Waals surface area contributed by atoms with Gasteiger partial charge in [0, 0.05) is 22.9 Å². The van der Waals surface area contributed by atoms with Gasteiger partial charge in [0.05, 0.1) is 4.91 Å². The van der Waals surface area contributed by atoms with Gasteiger partial charge in [-0.25, -0.2) is 4.98 Å². The molecule has 0 spiro atoms. The molecule has 2 aromatic carbocycles. The van der Waals surface area contributed by atoms with E-state index in [9.17, 15) is 9.59 Å². The van der Waals surface area contributed by atoms with E-state index in [1.807, 2.05) is 48.5 Å². The van der Waals surface area contributed by atoms with Crippen LogP contribution in [0.1, 0.15) is 32.7 Å². The molecule has 132 valence electrons. The number of allylic oxidation sites excluding steroid dienone is 2. The Bertz CT molecular complexity index is 1030. The molecule has 1 aliphatic rings. The van der Waals surface area contributed by atoms with Gasteiger partial charge in [-0.1, -0.05) is 72.4 Å². The first-order valence-electron chi connectivity index (χ1n) is 8.78. The first kappa shape index (κ1) is 17.4. The van der Waals surface area contributed by atoms with Crippen LogP contribution in [0.5, 0.6) is 0 Å². The summed E-state index contributed by atoms with van der Waals surface area (Å²) in [5, 5.41) is 0.713. The fourth-order valence-electron chi connectivity index (χ4n) is 3.17. The lowest BCUT2D eigenvalue weighted by Gasteiger charge is -2.20. The van der Waals surface area contributed by atoms with E-state index >= 15 is 0 Å². The third-order valence-corrected chi connectivity index (χ3v) is 5.61. The topological polar surface area (TPSA) is 47.0 Å². The molecule has 4 rings (SSSR count). The van der Waals surface area contributed by atoms with E-state index in [1.165, 1.54) is 11.8 Å². The van der Waals surface area contributed by atoms with Gasteiger partial charge in [-0.05, 0) is 30.5 Å². The molecule has 0 aliphatic heterocycles. The number of aryl methyl sites for hydroxylation is 1. The first-order chi connectivity index (χ1) is 13.2. The van der Waals surface area contributed by atoms with E-state index in [0.29, 0.717) is 39.5 Å². The van der Waals surface area contributed by atoms with Crippen LogP contribution < -0.4 is 0 Å². The van der Waals surface area contributed by atoms with Crippen LogP contribution in [0.3, 0.4) is 0 Å². The van der Waals surface area contributed by atoms with Crippen LogP contribution in [0.2, 0.25) is 0 Å². The summed E-state index contributed by atoms with van der Waals surface area (Å²) in [5.74, 6) is -0.150. The molecule has 0 unspecified atom stereocenters. The Morgan fingerprint density at radius 2 is 1.37 bits per heavy atom. The molecular formula is C23H17NO2S. The zero-order valence-corrected chi connectivity index (χ0v) is 15.4. The molecule has 0 N–H and O–H groups in total. The maximum Gasteiger partial charge on any atom is 0.200 e. The summed E-state index contributed by atoms with van der Waals surface area (Å²) in [6, 6.07) is 22.6. The highest BCUT2D eigenvalue weighted by Crippen LogP contribution is 2.37. The third kappa shape index (κ3) is 3.62. The summed E-state index contributed by atoms with van der Waals surface area (Å²) in [6.45, 7) is 0. The van der Waals surface area contributed by atoms with Crippen molar-refractivity contribution in [2.24, 2.45) is 0 Å². The van der Waals surface area contributed by atoms with Crippen molar-refractivity contribution in [1.29, 1.82) is 0 Å². The van der Waals surface area contributed by atoms with Crippen molar-refractivity contribution < 1.29 is 9.59 Å². The van der Waals surface area contributed by atoms with Gasteiger partial charge in [0.2, 0.25) is 5.78 Å². The number of fused-ring (bicyclic) bond motifs is 1. The van der Waals surface area contributed by atoms with Crippen LogP contribution in [0.4, 0.5) is 0 Å². The SMILES string of the molecule is O=C1C(CCc2ccccc2)=C(Sc2ccccn2)C(=O)c2ccccc21. The largest absolute Gasteiger partial charge is 0.289 e. The minimum absolute atomic E-state index is 0.0560. The maximum atomic E-state index is 13.1. The lowest BCUT2D eigenvalue weighted by atomic mass is 9.87. The lowest BCUT2D eigenvalue weighted by Crippen LogP contribution is -2.21. The lowest BCUT2D eigenvalue weighted by molar-refractivity contribution is 0.0978. The quantitative estimate of drug-likeness (QED) is 0.623. The number of ketones is 2. The van der Waals surface area contributed by atoms with Gasteiger partial charge < -0.3 is 0 Å². The van der Waals surface area contributed by atoms with E-state index in [0.717, 1.165) is 5.56 Å². The number of hydrogen-bond donors (Lipinski definition) is 0. The summed E-state index contributed by atoms with van der Waals surface area (Å²) >= 11 is 1.28. The van der Waals surface area contributed by atoms with Crippen LogP contribution in [0, 0.1) is 0 Å². The second-order valence-corrected chi connectivity index (χ2v) is 7.30. The molecule has 0 bridgehead atoms. The number of pyridine rings is 1. The highest BCUT2D eigenvalue weighted by atomic mass is 32.2. The van der Waals surface area contributed by atoms with Crippen molar-refractivity contribution in [1.82, 2.24) is 4.98 Å². The zero-order valence-electron chi connectivity index (χ0n) is 14.6. The number of carbonyl (C=O) groups excluding carboxylic acids is 2. The van der Waals surface area contributed by atoms with Gasteiger partial charge in [0.25, 0.3) is 0 Å². The molecule has 3 nitrogen and oxygen atoms in total. The number of rotatable bonds is 5. The van der Waals surface area contributed by atoms with E-state index < -0.39 is 0 Å². The summed E-state index contributed by atoms with van der Waals surface area (Å²) < 4.78 is 0. The second kappa shape index (κ2) is 7.72. The van der Waals surface area contributed by atoms with Gasteiger partial charge >= 0.3 is 0 Å². The molecule has 3 aromatic rings. The number of Topliss-reactive ketones (excluding diaryl/α,β-unsaturated/α-hetero) is 2. The number of nitrogens with zero attached hydrogens (tertiary/aromatic N) is 1. The van der Waals surface area contributed by atoms with Crippen molar-refractivity contribution in [3.8, 4) is 0 Å². The standard InChI is InChI=1S/C23H17NO2S/c25-21-17-10-4-5-11-18(17)22(26)23(27-20-12-6-7-15-24-20)19(21)14-13-16-8-2-1-3-9-16/h1-12,15H,13-14H2. The maximum absolute atomic E-state index is 13.1. The van der Waals surface area contributed by atoms with Crippen LogP contribution in [0.25, 0.3) is 0 Å². The molecule has 1 aromatic heterocycles. The monoisotopic (exact) mass is 371 g/mol. The van der Waals surface area contributed by atoms with Crippen molar-refractivity contribution in [3.05, 3.63) is 106 Å². The predicted molar refractivity (Wildman–Crippen MR) is 107 cm³/mol. The molecule has 0 fully saturated rings. The van der Waals surface area contributed by atoms with Crippen molar-refractivity contribution >= 4 is 23.3 Å². The van der Waals surface area contributed by atoms with Gasteiger partial charge in [0.1, 0.15) is 5.03 Å². The Morgan fingerprint density at radius 3 is 2.07 bits per heavy atom. The molecule has 0 saturated carbocycles. The Hall–Kier alpha value is -2.98. The highest BCUT2D eigenvalue weighted by Gasteiger charge is 2.32. The van der Waals surface area contributed by atoms with Gasteiger partial charge in [0.15, 0.2) is 5.78 Å². The molecule has 1 aliphatic carbocycles. The van der Waals surface area contributed by atoms with Gasteiger partial charge in [-0.3, -0.25) is 9.59 Å². The van der Waals surface area contributed by atoms with Crippen molar-refractivity contribution in [2.45, 2.75) is 17.9 Å². The molecule has 1 heterocycles. The average molecular weight is 371 g/mol. The first-order valence-corrected chi connectivity index (χ1v) is 9.60. The molecule has 27 heavy (non-hydrogen) atoms. The molecular weight excluding hydrogens is 354 g/mol. The normalized spacial score (nSPS) is 13.6. The van der Waals surface area contributed by atoms with Crippen LogP contribution >= 0.6 is 11.8 Å². The number of hydrogen-bond acceptors (Lipinski definition) is 4. The van der Waals surface area contributed by atoms with Gasteiger partial charge in [-0.15, -0.1) is 0 Å². The zero-order chi connectivity index (χ0) is 18.6. The summed E-state index contributed by atoms with van der Waals surface area (Å²) in [7, 11) is 0. The summed E-state index contributed by atoms with van der Waals surface area (Å²) in [4.78, 5) is 31.1. The second-order valence-electron chi connectivity index (χ2n) is 6.27. The number of benzene rings is 2. The Morgan fingerprint density at radius 1 is 0.704 bits per heavy atom. The van der Waals surface area contributed by atoms with Crippen LogP contribution in [-0.2, 0) is 6.42 Å². The van der Waals surface area contributed by atoms with E-state index in [2.05, 4.69) is 4.98 Å². The number of aromatic nitrogens is 1. The van der Waals surface area contributed by atoms with Crippen LogP contribution in [0.15, 0.2) is 94.5 Å². The van der Waals surface area contributed by atoms with Crippen molar-refractivity contribution in [3.63, 3.8) is 0 Å².